The van der Waals surface area contributed by atoms with Gasteiger partial charge < -0.3 is 15.2 Å². The van der Waals surface area contributed by atoms with Gasteiger partial charge in [0.15, 0.2) is 0 Å². The Morgan fingerprint density at radius 2 is 2.38 bits per heavy atom. The molecule has 0 fully saturated rings. The summed E-state index contributed by atoms with van der Waals surface area (Å²) in [6.07, 6.45) is 1.05. The Balaban J connectivity index is 2.25. The van der Waals surface area contributed by atoms with Crippen LogP contribution in [0.4, 0.5) is 0 Å². The molecular formula is C12H15NO3. The Kier molecular flexibility index (Phi) is 2.83. The van der Waals surface area contributed by atoms with Crippen LogP contribution in [0.1, 0.15) is 24.1 Å². The first kappa shape index (κ1) is 11.0. The van der Waals surface area contributed by atoms with Crippen LogP contribution in [0, 0.1) is 0 Å². The summed E-state index contributed by atoms with van der Waals surface area (Å²) in [5.74, 6) is 0.459. The summed E-state index contributed by atoms with van der Waals surface area (Å²) in [6.45, 7) is 2.01. The molecule has 0 radical (unpaired) electrons. The minimum atomic E-state index is -0.716. The second-order valence-electron chi connectivity index (χ2n) is 4.00. The molecule has 2 atom stereocenters. The van der Waals surface area contributed by atoms with Crippen LogP contribution >= 0.6 is 0 Å². The first-order chi connectivity index (χ1) is 7.61. The predicted molar refractivity (Wildman–Crippen MR) is 59.2 cm³/mol. The standard InChI is InChI=1S/C12H15NO3/c1-7-5-9-6-8(3-4-10(9)16-7)11(13)12(14)15-2/h3-4,6-7,11H,5,13H2,1-2H3. The topological polar surface area (TPSA) is 61.5 Å². The van der Waals surface area contributed by atoms with E-state index in [0.29, 0.717) is 0 Å². The molecule has 2 rings (SSSR count). The number of benzene rings is 1. The van der Waals surface area contributed by atoms with E-state index in [1.165, 1.54) is 7.11 Å². The van der Waals surface area contributed by atoms with Gasteiger partial charge in [0.05, 0.1) is 7.11 Å². The van der Waals surface area contributed by atoms with Crippen molar-refractivity contribution in [1.29, 1.82) is 0 Å². The second-order valence-corrected chi connectivity index (χ2v) is 4.00. The van der Waals surface area contributed by atoms with Crippen LogP contribution < -0.4 is 10.5 Å². The van der Waals surface area contributed by atoms with E-state index in [1.807, 2.05) is 19.1 Å². The number of hydrogen-bond donors (Lipinski definition) is 1. The van der Waals surface area contributed by atoms with Gasteiger partial charge in [-0.05, 0) is 30.2 Å². The smallest absolute Gasteiger partial charge is 0.327 e. The van der Waals surface area contributed by atoms with Gasteiger partial charge in [-0.15, -0.1) is 0 Å². The van der Waals surface area contributed by atoms with Crippen molar-refractivity contribution >= 4 is 5.97 Å². The minimum absolute atomic E-state index is 0.194. The number of esters is 1. The molecule has 86 valence electrons. The summed E-state index contributed by atoms with van der Waals surface area (Å²) >= 11 is 0. The third-order valence-corrected chi connectivity index (χ3v) is 2.73. The predicted octanol–water partition coefficient (Wildman–Crippen LogP) is 1.18. The van der Waals surface area contributed by atoms with E-state index < -0.39 is 12.0 Å². The molecule has 1 aliphatic heterocycles. The summed E-state index contributed by atoms with van der Waals surface area (Å²) in [4.78, 5) is 11.3. The summed E-state index contributed by atoms with van der Waals surface area (Å²) in [7, 11) is 1.33. The molecule has 0 aliphatic carbocycles. The highest BCUT2D eigenvalue weighted by atomic mass is 16.5. The van der Waals surface area contributed by atoms with Crippen molar-refractivity contribution in [2.45, 2.75) is 25.5 Å². The number of methoxy groups -OCH3 is 1. The molecule has 0 bridgehead atoms. The lowest BCUT2D eigenvalue weighted by molar-refractivity contribution is -0.142. The Morgan fingerprint density at radius 3 is 3.06 bits per heavy atom. The van der Waals surface area contributed by atoms with Crippen LogP contribution in [0.5, 0.6) is 5.75 Å². The number of rotatable bonds is 2. The third-order valence-electron chi connectivity index (χ3n) is 2.73. The van der Waals surface area contributed by atoms with Crippen LogP contribution in [0.3, 0.4) is 0 Å². The van der Waals surface area contributed by atoms with Gasteiger partial charge in [0.1, 0.15) is 17.9 Å². The maximum atomic E-state index is 11.3. The van der Waals surface area contributed by atoms with E-state index in [-0.39, 0.29) is 6.10 Å². The molecule has 1 aromatic rings. The fourth-order valence-corrected chi connectivity index (χ4v) is 1.90. The molecule has 4 nitrogen and oxygen atoms in total. The zero-order valence-corrected chi connectivity index (χ0v) is 9.40. The maximum absolute atomic E-state index is 11.3. The fraction of sp³-hybridized carbons (Fsp3) is 0.417. The average molecular weight is 221 g/mol. The average Bonchev–Trinajstić information content (AvgIpc) is 2.65. The van der Waals surface area contributed by atoms with Gasteiger partial charge in [-0.1, -0.05) is 6.07 Å². The highest BCUT2D eigenvalue weighted by Gasteiger charge is 2.22. The molecule has 4 heteroatoms. The van der Waals surface area contributed by atoms with Crippen molar-refractivity contribution in [2.75, 3.05) is 7.11 Å². The van der Waals surface area contributed by atoms with Gasteiger partial charge in [0, 0.05) is 6.42 Å². The van der Waals surface area contributed by atoms with Crippen molar-refractivity contribution in [2.24, 2.45) is 5.73 Å². The van der Waals surface area contributed by atoms with Crippen LogP contribution in [0.15, 0.2) is 18.2 Å². The quantitative estimate of drug-likeness (QED) is 0.762. The van der Waals surface area contributed by atoms with Crippen molar-refractivity contribution < 1.29 is 14.3 Å². The first-order valence-corrected chi connectivity index (χ1v) is 5.24. The Morgan fingerprint density at radius 1 is 1.62 bits per heavy atom. The Hall–Kier alpha value is -1.55. The molecule has 2 N–H and O–H groups in total. The molecule has 1 heterocycles. The highest BCUT2D eigenvalue weighted by molar-refractivity contribution is 5.77. The monoisotopic (exact) mass is 221 g/mol. The zero-order valence-electron chi connectivity index (χ0n) is 9.40. The molecular weight excluding hydrogens is 206 g/mol. The molecule has 1 aliphatic rings. The zero-order chi connectivity index (χ0) is 11.7. The lowest BCUT2D eigenvalue weighted by atomic mass is 10.0. The summed E-state index contributed by atoms with van der Waals surface area (Å²) in [5, 5.41) is 0. The molecule has 16 heavy (non-hydrogen) atoms. The van der Waals surface area contributed by atoms with Crippen LogP contribution in [-0.2, 0) is 16.0 Å². The lowest BCUT2D eigenvalue weighted by Gasteiger charge is -2.10. The van der Waals surface area contributed by atoms with Gasteiger partial charge in [-0.2, -0.15) is 0 Å². The summed E-state index contributed by atoms with van der Waals surface area (Å²) in [5.41, 5.74) is 7.63. The molecule has 0 aromatic heterocycles. The second kappa shape index (κ2) is 4.14. The van der Waals surface area contributed by atoms with Crippen molar-refractivity contribution in [3.63, 3.8) is 0 Å². The van der Waals surface area contributed by atoms with E-state index in [0.717, 1.165) is 23.3 Å². The van der Waals surface area contributed by atoms with E-state index >= 15 is 0 Å². The molecule has 1 aromatic carbocycles. The number of carbonyl (C=O) groups excluding carboxylic acids is 1. The van der Waals surface area contributed by atoms with Crippen molar-refractivity contribution in [3.05, 3.63) is 29.3 Å². The molecule has 0 amide bonds. The van der Waals surface area contributed by atoms with Gasteiger partial charge in [-0.3, -0.25) is 4.79 Å². The van der Waals surface area contributed by atoms with E-state index in [4.69, 9.17) is 10.5 Å². The van der Waals surface area contributed by atoms with E-state index in [2.05, 4.69) is 4.74 Å². The number of hydrogen-bond acceptors (Lipinski definition) is 4. The number of carbonyl (C=O) groups is 1. The fourth-order valence-electron chi connectivity index (χ4n) is 1.90. The Labute approximate surface area is 94.3 Å². The van der Waals surface area contributed by atoms with E-state index in [1.54, 1.807) is 6.07 Å². The minimum Gasteiger partial charge on any atom is -0.490 e. The molecule has 0 saturated carbocycles. The number of fused-ring (bicyclic) bond motifs is 1. The normalized spacial score (nSPS) is 19.8. The molecule has 0 saturated heterocycles. The van der Waals surface area contributed by atoms with Crippen molar-refractivity contribution in [3.8, 4) is 5.75 Å². The van der Waals surface area contributed by atoms with E-state index in [9.17, 15) is 4.79 Å². The lowest BCUT2D eigenvalue weighted by Crippen LogP contribution is -2.22. The van der Waals surface area contributed by atoms with Crippen LogP contribution in [0.2, 0.25) is 0 Å². The van der Waals surface area contributed by atoms with Crippen LogP contribution in [-0.4, -0.2) is 19.2 Å². The third kappa shape index (κ3) is 1.88. The first-order valence-electron chi connectivity index (χ1n) is 5.24. The van der Waals surface area contributed by atoms with Gasteiger partial charge >= 0.3 is 5.97 Å². The number of ether oxygens (including phenoxy) is 2. The van der Waals surface area contributed by atoms with Crippen molar-refractivity contribution in [1.82, 2.24) is 0 Å². The van der Waals surface area contributed by atoms with Gasteiger partial charge in [-0.25, -0.2) is 0 Å². The molecule has 2 unspecified atom stereocenters. The largest absolute Gasteiger partial charge is 0.490 e. The SMILES string of the molecule is COC(=O)C(N)c1ccc2c(c1)CC(C)O2. The summed E-state index contributed by atoms with van der Waals surface area (Å²) in [6, 6.07) is 4.86. The highest BCUT2D eigenvalue weighted by Crippen LogP contribution is 2.30. The number of nitrogens with two attached hydrogens (primary N) is 1. The maximum Gasteiger partial charge on any atom is 0.327 e. The Bertz CT molecular complexity index is 417. The molecule has 0 spiro atoms. The summed E-state index contributed by atoms with van der Waals surface area (Å²) < 4.78 is 10.2. The van der Waals surface area contributed by atoms with Gasteiger partial charge in [0.2, 0.25) is 0 Å². The van der Waals surface area contributed by atoms with Gasteiger partial charge in [0.25, 0.3) is 0 Å². The van der Waals surface area contributed by atoms with Crippen LogP contribution in [0.25, 0.3) is 0 Å².